The highest BCUT2D eigenvalue weighted by Crippen LogP contribution is 2.17. The summed E-state index contributed by atoms with van der Waals surface area (Å²) < 4.78 is 0. The van der Waals surface area contributed by atoms with Gasteiger partial charge in [0, 0.05) is 6.20 Å². The largest absolute Gasteiger partial charge is 0.323 e. The minimum absolute atomic E-state index is 0.246. The number of rotatable bonds is 1. The number of nitriles is 1. The Bertz CT molecular complexity index is 384. The zero-order chi connectivity index (χ0) is 9.97. The summed E-state index contributed by atoms with van der Waals surface area (Å²) in [4.78, 5) is 16.7. The van der Waals surface area contributed by atoms with Crippen LogP contribution < -0.4 is 5.32 Å². The first-order valence-electron chi connectivity index (χ1n) is 4.18. The highest BCUT2D eigenvalue weighted by atomic mass is 16.2. The van der Waals surface area contributed by atoms with E-state index in [1.807, 2.05) is 6.07 Å². The molecule has 1 N–H and O–H groups in total. The molecule has 70 valence electrons. The summed E-state index contributed by atoms with van der Waals surface area (Å²) >= 11 is 0. The predicted octanol–water partition coefficient (Wildman–Crippen LogP) is 0.821. The second kappa shape index (κ2) is 3.34. The van der Waals surface area contributed by atoms with Gasteiger partial charge in [0.15, 0.2) is 0 Å². The van der Waals surface area contributed by atoms with E-state index in [9.17, 15) is 4.79 Å². The van der Waals surface area contributed by atoms with E-state index in [1.54, 1.807) is 24.5 Å². The maximum Gasteiger partial charge on any atom is 0.323 e. The first-order chi connectivity index (χ1) is 6.81. The highest BCUT2D eigenvalue weighted by Gasteiger charge is 2.38. The van der Waals surface area contributed by atoms with E-state index in [4.69, 9.17) is 5.26 Å². The fourth-order valence-electron chi connectivity index (χ4n) is 1.11. The van der Waals surface area contributed by atoms with Gasteiger partial charge < -0.3 is 10.2 Å². The predicted molar refractivity (Wildman–Crippen MR) is 49.4 cm³/mol. The molecule has 5 nitrogen and oxygen atoms in total. The van der Waals surface area contributed by atoms with Gasteiger partial charge >= 0.3 is 6.03 Å². The molecular formula is C9H8N4O. The van der Waals surface area contributed by atoms with Gasteiger partial charge in [0.05, 0.1) is 24.5 Å². The molecule has 0 aromatic carbocycles. The lowest BCUT2D eigenvalue weighted by atomic mass is 10.4. The van der Waals surface area contributed by atoms with E-state index in [2.05, 4.69) is 10.3 Å². The minimum Gasteiger partial charge on any atom is -0.306 e. The summed E-state index contributed by atoms with van der Waals surface area (Å²) in [6.45, 7) is 0.516. The molecule has 0 saturated carbocycles. The molecule has 0 spiro atoms. The van der Waals surface area contributed by atoms with Crippen molar-refractivity contribution in [2.24, 2.45) is 0 Å². The Morgan fingerprint density at radius 2 is 2.64 bits per heavy atom. The fraction of sp³-hybridized carbons (Fsp3) is 0.222. The van der Waals surface area contributed by atoms with Gasteiger partial charge in [0.2, 0.25) is 0 Å². The Hall–Kier alpha value is -2.09. The van der Waals surface area contributed by atoms with Crippen molar-refractivity contribution in [1.29, 1.82) is 5.26 Å². The summed E-state index contributed by atoms with van der Waals surface area (Å²) in [6, 6.07) is 4.98. The topological polar surface area (TPSA) is 68.8 Å². The van der Waals surface area contributed by atoms with E-state index in [0.717, 1.165) is 0 Å². The number of nitrogens with one attached hydrogen (secondary N) is 1. The molecule has 5 heteroatoms. The van der Waals surface area contributed by atoms with Crippen LogP contribution in [0.5, 0.6) is 0 Å². The number of nitrogens with zero attached hydrogens (tertiary/aromatic N) is 3. The maximum atomic E-state index is 11.4. The Morgan fingerprint density at radius 1 is 1.79 bits per heavy atom. The smallest absolute Gasteiger partial charge is 0.306 e. The Kier molecular flexibility index (Phi) is 2.03. The molecule has 0 radical (unpaired) electrons. The van der Waals surface area contributed by atoms with Crippen molar-refractivity contribution < 1.29 is 4.79 Å². The SMILES string of the molecule is N#CC1CN1C(=O)Nc1cccnc1. The second-order valence-electron chi connectivity index (χ2n) is 2.97. The summed E-state index contributed by atoms with van der Waals surface area (Å²) in [5, 5.41) is 11.1. The van der Waals surface area contributed by atoms with Gasteiger partial charge in [-0.05, 0) is 12.1 Å². The Labute approximate surface area is 81.0 Å². The summed E-state index contributed by atoms with van der Waals surface area (Å²) in [5.74, 6) is 0. The van der Waals surface area contributed by atoms with Crippen LogP contribution >= 0.6 is 0 Å². The molecule has 14 heavy (non-hydrogen) atoms. The molecule has 2 rings (SSSR count). The van der Waals surface area contributed by atoms with E-state index in [-0.39, 0.29) is 12.1 Å². The van der Waals surface area contributed by atoms with Crippen LogP contribution in [-0.2, 0) is 0 Å². The number of aromatic nitrogens is 1. The van der Waals surface area contributed by atoms with Crippen LogP contribution in [0.15, 0.2) is 24.5 Å². The van der Waals surface area contributed by atoms with Crippen LogP contribution in [-0.4, -0.2) is 28.5 Å². The molecule has 2 heterocycles. The van der Waals surface area contributed by atoms with Gasteiger partial charge in [-0.1, -0.05) is 0 Å². The zero-order valence-electron chi connectivity index (χ0n) is 7.34. The van der Waals surface area contributed by atoms with Crippen molar-refractivity contribution in [3.05, 3.63) is 24.5 Å². The number of amides is 2. The molecule has 1 saturated heterocycles. The van der Waals surface area contributed by atoms with Crippen molar-refractivity contribution in [3.8, 4) is 6.07 Å². The van der Waals surface area contributed by atoms with Crippen molar-refractivity contribution in [2.45, 2.75) is 6.04 Å². The summed E-state index contributed by atoms with van der Waals surface area (Å²) in [5.41, 5.74) is 0.640. The number of pyridine rings is 1. The molecule has 1 atom stereocenters. The van der Waals surface area contributed by atoms with E-state index in [1.165, 1.54) is 4.90 Å². The maximum absolute atomic E-state index is 11.4. The highest BCUT2D eigenvalue weighted by molar-refractivity contribution is 5.91. The normalized spacial score (nSPS) is 18.5. The standard InChI is InChI=1S/C9H8N4O/c10-4-8-6-13(8)9(14)12-7-2-1-3-11-5-7/h1-3,5,8H,6H2,(H,12,14). The molecule has 1 fully saturated rings. The minimum atomic E-state index is -0.258. The zero-order valence-corrected chi connectivity index (χ0v) is 7.34. The quantitative estimate of drug-likeness (QED) is 0.663. The van der Waals surface area contributed by atoms with Gasteiger partial charge in [-0.3, -0.25) is 4.98 Å². The molecule has 2 amide bonds. The van der Waals surface area contributed by atoms with Crippen LogP contribution in [0.3, 0.4) is 0 Å². The second-order valence-corrected chi connectivity index (χ2v) is 2.97. The monoisotopic (exact) mass is 188 g/mol. The Balaban J connectivity index is 1.94. The van der Waals surface area contributed by atoms with E-state index < -0.39 is 0 Å². The van der Waals surface area contributed by atoms with Crippen molar-refractivity contribution in [2.75, 3.05) is 11.9 Å². The molecular weight excluding hydrogens is 180 g/mol. The number of anilines is 1. The molecule has 1 aliphatic rings. The van der Waals surface area contributed by atoms with Gasteiger partial charge in [-0.15, -0.1) is 0 Å². The number of hydrogen-bond acceptors (Lipinski definition) is 3. The Morgan fingerprint density at radius 3 is 3.21 bits per heavy atom. The van der Waals surface area contributed by atoms with E-state index >= 15 is 0 Å². The van der Waals surface area contributed by atoms with Gasteiger partial charge in [-0.2, -0.15) is 5.26 Å². The third-order valence-corrected chi connectivity index (χ3v) is 1.93. The lowest BCUT2D eigenvalue weighted by Crippen LogP contribution is -2.20. The molecule has 1 aliphatic heterocycles. The van der Waals surface area contributed by atoms with Gasteiger partial charge in [-0.25, -0.2) is 4.79 Å². The van der Waals surface area contributed by atoms with Gasteiger partial charge in [0.25, 0.3) is 0 Å². The van der Waals surface area contributed by atoms with Gasteiger partial charge in [0.1, 0.15) is 6.04 Å². The summed E-state index contributed by atoms with van der Waals surface area (Å²) in [7, 11) is 0. The number of carbonyl (C=O) groups is 1. The van der Waals surface area contributed by atoms with Crippen molar-refractivity contribution >= 4 is 11.7 Å². The summed E-state index contributed by atoms with van der Waals surface area (Å²) in [6.07, 6.45) is 3.19. The first kappa shape index (κ1) is 8.51. The van der Waals surface area contributed by atoms with Crippen LogP contribution in [0.2, 0.25) is 0 Å². The van der Waals surface area contributed by atoms with Crippen LogP contribution in [0, 0.1) is 11.3 Å². The fourth-order valence-corrected chi connectivity index (χ4v) is 1.11. The number of carbonyl (C=O) groups excluding carboxylic acids is 1. The molecule has 1 unspecified atom stereocenters. The number of urea groups is 1. The first-order valence-corrected chi connectivity index (χ1v) is 4.18. The average molecular weight is 188 g/mol. The molecule has 0 aliphatic carbocycles. The molecule has 1 aromatic rings. The van der Waals surface area contributed by atoms with Crippen LogP contribution in [0.25, 0.3) is 0 Å². The third-order valence-electron chi connectivity index (χ3n) is 1.93. The molecule has 0 bridgehead atoms. The van der Waals surface area contributed by atoms with Crippen LogP contribution in [0.1, 0.15) is 0 Å². The lowest BCUT2D eigenvalue weighted by Gasteiger charge is -2.04. The van der Waals surface area contributed by atoms with Crippen molar-refractivity contribution in [1.82, 2.24) is 9.88 Å². The molecule has 1 aromatic heterocycles. The van der Waals surface area contributed by atoms with Crippen molar-refractivity contribution in [3.63, 3.8) is 0 Å². The number of hydrogen-bond donors (Lipinski definition) is 1. The van der Waals surface area contributed by atoms with E-state index in [0.29, 0.717) is 12.2 Å². The average Bonchev–Trinajstić information content (AvgIpc) is 2.98. The van der Waals surface area contributed by atoms with Crippen LogP contribution in [0.4, 0.5) is 10.5 Å². The lowest BCUT2D eigenvalue weighted by molar-refractivity contribution is 0.241. The third kappa shape index (κ3) is 1.64.